The summed E-state index contributed by atoms with van der Waals surface area (Å²) in [4.78, 5) is 14.1. The second-order valence-electron chi connectivity index (χ2n) is 23.0. The predicted octanol–water partition coefficient (Wildman–Crippen LogP) is 23.6. The highest BCUT2D eigenvalue weighted by Crippen LogP contribution is 2.70. The van der Waals surface area contributed by atoms with E-state index in [1.165, 1.54) is 270 Å². The number of carbonyl (C=O) groups is 1. The van der Waals surface area contributed by atoms with Gasteiger partial charge >= 0.3 is 5.97 Å². The second-order valence-corrected chi connectivity index (χ2v) is 23.0. The molecule has 0 saturated heterocycles. The zero-order valence-corrected chi connectivity index (χ0v) is 47.9. The predicted molar refractivity (Wildman–Crippen MR) is 299 cm³/mol. The zero-order valence-electron chi connectivity index (χ0n) is 47.9. The number of rotatable bonds is 53. The Balaban J connectivity index is 8.78. The Labute approximate surface area is 419 Å². The van der Waals surface area contributed by atoms with Crippen molar-refractivity contribution in [2.24, 2.45) is 27.6 Å². The van der Waals surface area contributed by atoms with Gasteiger partial charge in [0.1, 0.15) is 0 Å². The van der Waals surface area contributed by atoms with Gasteiger partial charge in [0, 0.05) is 0 Å². The molecule has 0 radical (unpaired) electrons. The van der Waals surface area contributed by atoms with Gasteiger partial charge in [0.25, 0.3) is 0 Å². The second kappa shape index (κ2) is 43.3. The van der Waals surface area contributed by atoms with Crippen LogP contribution >= 0.6 is 0 Å². The minimum atomic E-state index is -0.576. The molecule has 2 heteroatoms. The molecule has 1 N–H and O–H groups in total. The van der Waals surface area contributed by atoms with E-state index < -0.39 is 11.4 Å². The van der Waals surface area contributed by atoms with Crippen LogP contribution in [-0.2, 0) is 4.79 Å². The smallest absolute Gasteiger partial charge is 0.309 e. The summed E-state index contributed by atoms with van der Waals surface area (Å²) in [6, 6.07) is 0. The SMILES string of the molecule is CCCCCCC(CCCCCC)(CCC(CC)C(CCCCCC)(CCCCCC)C(CCCCCC)(CCCCCC)C(CCCCCC)(CCCCCC)CCCCCC)C(=O)O. The third-order valence-electron chi connectivity index (χ3n) is 18.1. The molecule has 0 aliphatic carbocycles. The molecule has 0 rings (SSSR count). The van der Waals surface area contributed by atoms with Gasteiger partial charge in [-0.15, -0.1) is 0 Å². The van der Waals surface area contributed by atoms with Gasteiger partial charge in [0.05, 0.1) is 5.41 Å². The van der Waals surface area contributed by atoms with Crippen molar-refractivity contribution in [3.8, 4) is 0 Å². The van der Waals surface area contributed by atoms with E-state index in [2.05, 4.69) is 69.2 Å². The van der Waals surface area contributed by atoms with Crippen molar-refractivity contribution in [3.63, 3.8) is 0 Å². The first-order valence-corrected chi connectivity index (χ1v) is 31.4. The molecule has 0 heterocycles. The lowest BCUT2D eigenvalue weighted by atomic mass is 9.39. The summed E-state index contributed by atoms with van der Waals surface area (Å²) in [6.45, 7) is 24.1. The van der Waals surface area contributed by atoms with Crippen LogP contribution in [0, 0.1) is 27.6 Å². The molecule has 1 atom stereocenters. The fraction of sp³-hybridized carbons (Fsp3) is 0.984. The molecule has 0 aromatic rings. The van der Waals surface area contributed by atoms with Crippen LogP contribution in [0.1, 0.15) is 377 Å². The average molecular weight is 930 g/mol. The van der Waals surface area contributed by atoms with Gasteiger partial charge in [-0.25, -0.2) is 0 Å². The lowest BCUT2D eigenvalue weighted by Crippen LogP contribution is -2.57. The summed E-state index contributed by atoms with van der Waals surface area (Å²) in [5.74, 6) is 0.133. The molecule has 0 saturated carbocycles. The summed E-state index contributed by atoms with van der Waals surface area (Å²) in [6.07, 6.45) is 62.8. The minimum Gasteiger partial charge on any atom is -0.481 e. The van der Waals surface area contributed by atoms with Gasteiger partial charge in [-0.3, -0.25) is 4.79 Å². The van der Waals surface area contributed by atoms with Crippen molar-refractivity contribution >= 4 is 5.97 Å². The Hall–Kier alpha value is -0.530. The molecule has 0 aliphatic rings. The first-order valence-electron chi connectivity index (χ1n) is 31.4. The number of aliphatic carboxylic acids is 1. The van der Waals surface area contributed by atoms with Crippen molar-refractivity contribution < 1.29 is 9.90 Å². The molecule has 0 aromatic heterocycles. The maximum atomic E-state index is 14.1. The molecule has 66 heavy (non-hydrogen) atoms. The van der Waals surface area contributed by atoms with Gasteiger partial charge < -0.3 is 5.11 Å². The standard InChI is InChI=1S/C64H128O2/c1-11-21-30-39-49-61(60(65)66,50-40-31-22-12-2)58-48-59(20-10)63(54-44-35-26-16-6,55-45-36-27-17-7)64(56-46-37-28-18-8,57-47-38-29-19-9)62(51-41-32-23-13-3,52-42-33-24-14-4)53-43-34-25-15-5/h59H,11-58H2,1-10H3,(H,65,66). The quantitative estimate of drug-likeness (QED) is 0.0617. The van der Waals surface area contributed by atoms with E-state index in [0.29, 0.717) is 16.7 Å². The van der Waals surface area contributed by atoms with E-state index in [4.69, 9.17) is 0 Å². The van der Waals surface area contributed by atoms with Gasteiger partial charge in [0.2, 0.25) is 0 Å². The summed E-state index contributed by atoms with van der Waals surface area (Å²) < 4.78 is 0. The molecule has 0 aliphatic heterocycles. The summed E-state index contributed by atoms with van der Waals surface area (Å²) in [5.41, 5.74) is 0.317. The molecule has 0 aromatic carbocycles. The Morgan fingerprint density at radius 2 is 0.576 bits per heavy atom. The topological polar surface area (TPSA) is 37.3 Å². The molecular formula is C64H128O2. The molecule has 0 fully saturated rings. The van der Waals surface area contributed by atoms with Crippen LogP contribution in [0.25, 0.3) is 0 Å². The lowest BCUT2D eigenvalue weighted by molar-refractivity contribution is -0.168. The number of carboxylic acid groups (broad SMARTS) is 1. The zero-order chi connectivity index (χ0) is 49.1. The third kappa shape index (κ3) is 24.5. The normalized spacial score (nSPS) is 13.2. The van der Waals surface area contributed by atoms with Crippen LogP contribution in [0.15, 0.2) is 0 Å². The Bertz CT molecular complexity index is 961. The van der Waals surface area contributed by atoms with E-state index in [1.54, 1.807) is 0 Å². The molecule has 0 spiro atoms. The van der Waals surface area contributed by atoms with Crippen LogP contribution in [0.3, 0.4) is 0 Å². The number of hydrogen-bond donors (Lipinski definition) is 1. The van der Waals surface area contributed by atoms with Gasteiger partial charge in [-0.1, -0.05) is 307 Å². The third-order valence-corrected chi connectivity index (χ3v) is 18.1. The molecular weight excluding hydrogens is 801 g/mol. The van der Waals surface area contributed by atoms with Crippen LogP contribution in [0.5, 0.6) is 0 Å². The van der Waals surface area contributed by atoms with E-state index >= 15 is 0 Å². The van der Waals surface area contributed by atoms with Crippen LogP contribution in [0.2, 0.25) is 0 Å². The summed E-state index contributed by atoms with van der Waals surface area (Å²) in [7, 11) is 0. The van der Waals surface area contributed by atoms with Crippen LogP contribution in [-0.4, -0.2) is 11.1 Å². The van der Waals surface area contributed by atoms with Crippen molar-refractivity contribution in [3.05, 3.63) is 0 Å². The Morgan fingerprint density at radius 1 is 0.318 bits per heavy atom. The van der Waals surface area contributed by atoms with Crippen LogP contribution < -0.4 is 0 Å². The Kier molecular flexibility index (Phi) is 42.9. The lowest BCUT2D eigenvalue weighted by Gasteiger charge is -2.66. The van der Waals surface area contributed by atoms with E-state index in [0.717, 1.165) is 38.5 Å². The van der Waals surface area contributed by atoms with Gasteiger partial charge in [-0.2, -0.15) is 0 Å². The van der Waals surface area contributed by atoms with Crippen LogP contribution in [0.4, 0.5) is 0 Å². The highest BCUT2D eigenvalue weighted by molar-refractivity contribution is 5.74. The average Bonchev–Trinajstić information content (AvgIpc) is 3.32. The molecule has 1 unspecified atom stereocenters. The number of carboxylic acids is 1. The maximum absolute atomic E-state index is 14.1. The largest absolute Gasteiger partial charge is 0.481 e. The highest BCUT2D eigenvalue weighted by Gasteiger charge is 2.61. The van der Waals surface area contributed by atoms with Crippen molar-refractivity contribution in [2.75, 3.05) is 0 Å². The maximum Gasteiger partial charge on any atom is 0.309 e. The monoisotopic (exact) mass is 929 g/mol. The Morgan fingerprint density at radius 3 is 0.833 bits per heavy atom. The summed E-state index contributed by atoms with van der Waals surface area (Å²) in [5, 5.41) is 11.6. The van der Waals surface area contributed by atoms with E-state index in [-0.39, 0.29) is 5.41 Å². The van der Waals surface area contributed by atoms with Gasteiger partial charge in [0.15, 0.2) is 0 Å². The summed E-state index contributed by atoms with van der Waals surface area (Å²) >= 11 is 0. The van der Waals surface area contributed by atoms with E-state index in [1.807, 2.05) is 0 Å². The molecule has 0 amide bonds. The molecule has 2 nitrogen and oxygen atoms in total. The fourth-order valence-electron chi connectivity index (χ4n) is 14.1. The molecule has 0 bridgehead atoms. The molecule has 396 valence electrons. The number of hydrogen-bond acceptors (Lipinski definition) is 1. The van der Waals surface area contributed by atoms with Crippen molar-refractivity contribution in [1.82, 2.24) is 0 Å². The van der Waals surface area contributed by atoms with Gasteiger partial charge in [-0.05, 0) is 92.8 Å². The first-order chi connectivity index (χ1) is 32.2. The van der Waals surface area contributed by atoms with E-state index in [9.17, 15) is 9.90 Å². The first kappa shape index (κ1) is 65.5. The minimum absolute atomic E-state index is 0.247. The fourth-order valence-corrected chi connectivity index (χ4v) is 14.1. The number of unbranched alkanes of at least 4 members (excludes halogenated alkanes) is 27. The van der Waals surface area contributed by atoms with Crippen molar-refractivity contribution in [1.29, 1.82) is 0 Å². The highest BCUT2D eigenvalue weighted by atomic mass is 16.4. The van der Waals surface area contributed by atoms with Crippen molar-refractivity contribution in [2.45, 2.75) is 377 Å².